The number of hydrogen-bond donors (Lipinski definition) is 0. The molecule has 1 saturated carbocycles. The van der Waals surface area contributed by atoms with Crippen LogP contribution in [0.4, 0.5) is 4.39 Å². The molecule has 3 aromatic heterocycles. The Bertz CT molecular complexity index is 1090. The Kier molecular flexibility index (Phi) is 5.05. The van der Waals surface area contributed by atoms with E-state index in [1.165, 1.54) is 12.1 Å². The monoisotopic (exact) mass is 419 g/mol. The van der Waals surface area contributed by atoms with Gasteiger partial charge in [-0.15, -0.1) is 0 Å². The van der Waals surface area contributed by atoms with Gasteiger partial charge < -0.3 is 9.64 Å². The van der Waals surface area contributed by atoms with Crippen LogP contribution in [0.3, 0.4) is 0 Å². The van der Waals surface area contributed by atoms with Crippen molar-refractivity contribution in [3.8, 4) is 17.3 Å². The van der Waals surface area contributed by atoms with Gasteiger partial charge in [-0.1, -0.05) is 0 Å². The molecule has 2 saturated heterocycles. The number of amides is 1. The Morgan fingerprint density at radius 1 is 1.13 bits per heavy atom. The molecular formula is C23H22FN5O2. The molecule has 0 aromatic carbocycles. The van der Waals surface area contributed by atoms with Crippen LogP contribution in [0.5, 0.6) is 5.88 Å². The van der Waals surface area contributed by atoms with Crippen LogP contribution in [-0.2, 0) is 0 Å². The van der Waals surface area contributed by atoms with Crippen molar-refractivity contribution in [3.05, 3.63) is 66.1 Å². The fourth-order valence-electron chi connectivity index (χ4n) is 4.49. The first-order chi connectivity index (χ1) is 15.1. The fourth-order valence-corrected chi connectivity index (χ4v) is 4.49. The lowest BCUT2D eigenvalue weighted by Crippen LogP contribution is -2.60. The molecule has 7 nitrogen and oxygen atoms in total. The van der Waals surface area contributed by atoms with E-state index in [0.717, 1.165) is 31.2 Å². The molecule has 5 heterocycles. The number of hydrogen-bond acceptors (Lipinski definition) is 6. The standard InChI is InChI=1S/C23H22FN5O2/c1-14-3-5-19(22-25-7-2-8-26-22)21(28-14)23(30)29-17-9-15(10-17)11-18(29)13-31-20-6-4-16(24)12-27-20/h2-8,12,15,17-18H,9-11,13H2,1H3/t15?,17?,18-/m0/s1. The maximum absolute atomic E-state index is 13.7. The summed E-state index contributed by atoms with van der Waals surface area (Å²) in [7, 11) is 0. The highest BCUT2D eigenvalue weighted by molar-refractivity contribution is 5.98. The number of aryl methyl sites for hydroxylation is 1. The summed E-state index contributed by atoms with van der Waals surface area (Å²) in [5, 5.41) is 0. The number of pyridine rings is 2. The molecule has 6 rings (SSSR count). The molecule has 0 radical (unpaired) electrons. The van der Waals surface area contributed by atoms with Gasteiger partial charge in [-0.3, -0.25) is 4.79 Å². The average Bonchev–Trinajstić information content (AvgIpc) is 2.78. The largest absolute Gasteiger partial charge is 0.475 e. The van der Waals surface area contributed by atoms with Gasteiger partial charge in [0.05, 0.1) is 17.8 Å². The predicted octanol–water partition coefficient (Wildman–Crippen LogP) is 3.45. The first kappa shape index (κ1) is 19.5. The van der Waals surface area contributed by atoms with E-state index in [0.29, 0.717) is 35.5 Å². The van der Waals surface area contributed by atoms with Gasteiger partial charge >= 0.3 is 0 Å². The Hall–Kier alpha value is -3.42. The molecule has 158 valence electrons. The minimum absolute atomic E-state index is 0.0938. The highest BCUT2D eigenvalue weighted by Crippen LogP contribution is 2.43. The number of rotatable bonds is 5. The number of halogens is 1. The second-order valence-corrected chi connectivity index (χ2v) is 8.14. The summed E-state index contributed by atoms with van der Waals surface area (Å²) in [4.78, 5) is 32.8. The highest BCUT2D eigenvalue weighted by atomic mass is 19.1. The molecule has 8 heteroatoms. The van der Waals surface area contributed by atoms with E-state index in [2.05, 4.69) is 19.9 Å². The first-order valence-electron chi connectivity index (χ1n) is 10.4. The lowest BCUT2D eigenvalue weighted by atomic mass is 9.70. The molecule has 1 amide bonds. The Balaban J connectivity index is 1.43. The van der Waals surface area contributed by atoms with Crippen molar-refractivity contribution in [1.82, 2.24) is 24.8 Å². The van der Waals surface area contributed by atoms with E-state index < -0.39 is 5.82 Å². The number of carbonyl (C=O) groups excluding carboxylic acids is 1. The SMILES string of the molecule is Cc1ccc(-c2ncccn2)c(C(=O)N2C3CC(C3)C[C@H]2COc2ccc(F)cn2)n1. The molecule has 0 spiro atoms. The molecule has 0 unspecified atom stereocenters. The quantitative estimate of drug-likeness (QED) is 0.630. The lowest BCUT2D eigenvalue weighted by molar-refractivity contribution is -0.0313. The van der Waals surface area contributed by atoms with Gasteiger partial charge in [0.15, 0.2) is 5.82 Å². The number of carbonyl (C=O) groups is 1. The van der Waals surface area contributed by atoms with E-state index in [4.69, 9.17) is 4.74 Å². The summed E-state index contributed by atoms with van der Waals surface area (Å²) < 4.78 is 18.9. The fraction of sp³-hybridized carbons (Fsp3) is 0.348. The third kappa shape index (κ3) is 3.85. The van der Waals surface area contributed by atoms with Gasteiger partial charge in [0, 0.05) is 30.2 Å². The van der Waals surface area contributed by atoms with Crippen molar-refractivity contribution in [2.45, 2.75) is 38.3 Å². The summed E-state index contributed by atoms with van der Waals surface area (Å²) in [6.07, 6.45) is 7.30. The van der Waals surface area contributed by atoms with Crippen molar-refractivity contribution >= 4 is 5.91 Å². The van der Waals surface area contributed by atoms with Crippen molar-refractivity contribution in [3.63, 3.8) is 0 Å². The topological polar surface area (TPSA) is 81.1 Å². The van der Waals surface area contributed by atoms with E-state index in [9.17, 15) is 9.18 Å². The highest BCUT2D eigenvalue weighted by Gasteiger charge is 2.47. The van der Waals surface area contributed by atoms with Crippen LogP contribution in [0.15, 0.2) is 48.9 Å². The third-order valence-corrected chi connectivity index (χ3v) is 6.01. The second kappa shape index (κ2) is 8.02. The maximum atomic E-state index is 13.7. The van der Waals surface area contributed by atoms with Crippen LogP contribution >= 0.6 is 0 Å². The third-order valence-electron chi connectivity index (χ3n) is 6.01. The van der Waals surface area contributed by atoms with Crippen molar-refractivity contribution < 1.29 is 13.9 Å². The van der Waals surface area contributed by atoms with Crippen LogP contribution in [0, 0.1) is 18.7 Å². The minimum atomic E-state index is -0.413. The zero-order valence-electron chi connectivity index (χ0n) is 17.1. The zero-order valence-corrected chi connectivity index (χ0v) is 17.1. The summed E-state index contributed by atoms with van der Waals surface area (Å²) in [5.74, 6) is 0.885. The smallest absolute Gasteiger partial charge is 0.273 e. The van der Waals surface area contributed by atoms with Gasteiger partial charge in [-0.25, -0.2) is 24.3 Å². The molecular weight excluding hydrogens is 397 g/mol. The summed E-state index contributed by atoms with van der Waals surface area (Å²) in [6.45, 7) is 2.17. The number of piperidine rings is 2. The number of fused-ring (bicyclic) bond motifs is 2. The maximum Gasteiger partial charge on any atom is 0.273 e. The van der Waals surface area contributed by atoms with Crippen LogP contribution in [0.1, 0.15) is 35.4 Å². The molecule has 0 N–H and O–H groups in total. The second-order valence-electron chi connectivity index (χ2n) is 8.14. The summed E-state index contributed by atoms with van der Waals surface area (Å²) >= 11 is 0. The molecule has 1 atom stereocenters. The predicted molar refractivity (Wildman–Crippen MR) is 111 cm³/mol. The average molecular weight is 419 g/mol. The van der Waals surface area contributed by atoms with Crippen LogP contribution in [0.2, 0.25) is 0 Å². The molecule has 3 aliphatic rings. The summed E-state index contributed by atoms with van der Waals surface area (Å²) in [5.41, 5.74) is 1.74. The first-order valence-corrected chi connectivity index (χ1v) is 10.4. The van der Waals surface area contributed by atoms with Crippen molar-refractivity contribution in [1.29, 1.82) is 0 Å². The summed E-state index contributed by atoms with van der Waals surface area (Å²) in [6, 6.07) is 8.34. The van der Waals surface area contributed by atoms with E-state index in [1.807, 2.05) is 24.0 Å². The Labute approximate surface area is 179 Å². The molecule has 1 aliphatic carbocycles. The lowest BCUT2D eigenvalue weighted by Gasteiger charge is -2.53. The molecule has 3 aromatic rings. The van der Waals surface area contributed by atoms with Gasteiger partial charge in [-0.05, 0) is 56.4 Å². The number of ether oxygens (including phenoxy) is 1. The van der Waals surface area contributed by atoms with E-state index in [-0.39, 0.29) is 18.0 Å². The Morgan fingerprint density at radius 3 is 2.68 bits per heavy atom. The Morgan fingerprint density at radius 2 is 1.94 bits per heavy atom. The molecule has 3 fully saturated rings. The van der Waals surface area contributed by atoms with E-state index in [1.54, 1.807) is 18.5 Å². The zero-order chi connectivity index (χ0) is 21.4. The molecule has 31 heavy (non-hydrogen) atoms. The number of nitrogens with zero attached hydrogens (tertiary/aromatic N) is 5. The van der Waals surface area contributed by atoms with Gasteiger partial charge in [0.25, 0.3) is 5.91 Å². The minimum Gasteiger partial charge on any atom is -0.475 e. The van der Waals surface area contributed by atoms with Gasteiger partial charge in [0.2, 0.25) is 5.88 Å². The van der Waals surface area contributed by atoms with Crippen molar-refractivity contribution in [2.24, 2.45) is 5.92 Å². The van der Waals surface area contributed by atoms with Crippen LogP contribution < -0.4 is 4.74 Å². The van der Waals surface area contributed by atoms with E-state index >= 15 is 0 Å². The van der Waals surface area contributed by atoms with Gasteiger partial charge in [-0.2, -0.15) is 0 Å². The molecule has 2 aliphatic heterocycles. The normalized spacial score (nSPS) is 22.0. The van der Waals surface area contributed by atoms with Crippen LogP contribution in [0.25, 0.3) is 11.4 Å². The van der Waals surface area contributed by atoms with Crippen molar-refractivity contribution in [2.75, 3.05) is 6.61 Å². The number of aromatic nitrogens is 4. The molecule has 2 bridgehead atoms. The van der Waals surface area contributed by atoms with Gasteiger partial charge in [0.1, 0.15) is 18.1 Å². The van der Waals surface area contributed by atoms with Crippen LogP contribution in [-0.4, -0.2) is 49.4 Å².